The molecule has 22 heavy (non-hydrogen) atoms. The largest absolute Gasteiger partial charge is 0.464 e. The summed E-state index contributed by atoms with van der Waals surface area (Å²) in [7, 11) is 0. The normalized spacial score (nSPS) is 10.9. The van der Waals surface area contributed by atoms with Crippen LogP contribution in [0.2, 0.25) is 0 Å². The van der Waals surface area contributed by atoms with Crippen LogP contribution in [0.5, 0.6) is 0 Å². The smallest absolute Gasteiger partial charge is 0.230 e. The van der Waals surface area contributed by atoms with E-state index < -0.39 is 0 Å². The van der Waals surface area contributed by atoms with Crippen molar-refractivity contribution in [2.24, 2.45) is 0 Å². The minimum atomic E-state index is -0.0997. The van der Waals surface area contributed by atoms with Gasteiger partial charge in [-0.25, -0.2) is 4.98 Å². The van der Waals surface area contributed by atoms with Gasteiger partial charge in [0.1, 0.15) is 11.4 Å². The van der Waals surface area contributed by atoms with E-state index >= 15 is 0 Å². The van der Waals surface area contributed by atoms with Crippen LogP contribution in [0.15, 0.2) is 41.1 Å². The molecule has 1 N–H and O–H groups in total. The van der Waals surface area contributed by atoms with Crippen LogP contribution in [0.3, 0.4) is 0 Å². The average molecular weight is 294 g/mol. The van der Waals surface area contributed by atoms with E-state index in [0.717, 1.165) is 27.7 Å². The van der Waals surface area contributed by atoms with Gasteiger partial charge in [-0.15, -0.1) is 0 Å². The Balaban J connectivity index is 1.79. The van der Waals surface area contributed by atoms with Crippen LogP contribution >= 0.6 is 0 Å². The molecule has 4 nitrogen and oxygen atoms in total. The third-order valence-electron chi connectivity index (χ3n) is 3.87. The average Bonchev–Trinajstić information content (AvgIpc) is 2.89. The summed E-state index contributed by atoms with van der Waals surface area (Å²) < 4.78 is 5.63. The predicted molar refractivity (Wildman–Crippen MR) is 87.0 cm³/mol. The maximum absolute atomic E-state index is 12.2. The standard InChI is InChI=1S/C18H18N2O2/c1-11-4-7-16(19-9-11)20-17(21)8-14-10-22-18-13(3)12(2)5-6-15(14)18/h4-7,9-10H,8H2,1-3H3,(H,19,20,21). The fourth-order valence-corrected chi connectivity index (χ4v) is 2.43. The van der Waals surface area contributed by atoms with Crippen molar-refractivity contribution >= 4 is 22.7 Å². The Morgan fingerprint density at radius 3 is 2.73 bits per heavy atom. The molecule has 0 saturated carbocycles. The van der Waals surface area contributed by atoms with E-state index in [1.54, 1.807) is 18.5 Å². The van der Waals surface area contributed by atoms with Gasteiger partial charge in [-0.3, -0.25) is 4.79 Å². The third-order valence-corrected chi connectivity index (χ3v) is 3.87. The highest BCUT2D eigenvalue weighted by Gasteiger charge is 2.13. The molecule has 0 unspecified atom stereocenters. The minimum absolute atomic E-state index is 0.0997. The summed E-state index contributed by atoms with van der Waals surface area (Å²) in [6, 6.07) is 7.78. The van der Waals surface area contributed by atoms with Crippen molar-refractivity contribution in [2.75, 3.05) is 5.32 Å². The predicted octanol–water partition coefficient (Wildman–Crippen LogP) is 3.93. The number of hydrogen-bond acceptors (Lipinski definition) is 3. The highest BCUT2D eigenvalue weighted by molar-refractivity contribution is 5.95. The Morgan fingerprint density at radius 2 is 2.00 bits per heavy atom. The van der Waals surface area contributed by atoms with Crippen LogP contribution in [0.25, 0.3) is 11.0 Å². The summed E-state index contributed by atoms with van der Waals surface area (Å²) in [5.74, 6) is 0.465. The Kier molecular flexibility index (Phi) is 3.67. The van der Waals surface area contributed by atoms with Crippen molar-refractivity contribution in [3.05, 3.63) is 59.0 Å². The van der Waals surface area contributed by atoms with E-state index in [4.69, 9.17) is 4.42 Å². The van der Waals surface area contributed by atoms with E-state index in [1.807, 2.05) is 32.9 Å². The topological polar surface area (TPSA) is 55.1 Å². The Hall–Kier alpha value is -2.62. The Morgan fingerprint density at radius 1 is 1.18 bits per heavy atom. The molecule has 0 aliphatic heterocycles. The molecule has 0 radical (unpaired) electrons. The van der Waals surface area contributed by atoms with Crippen molar-refractivity contribution in [1.82, 2.24) is 4.98 Å². The molecule has 0 fully saturated rings. The molecule has 0 aliphatic carbocycles. The fourth-order valence-electron chi connectivity index (χ4n) is 2.43. The van der Waals surface area contributed by atoms with E-state index in [9.17, 15) is 4.79 Å². The second-order valence-electron chi connectivity index (χ2n) is 5.59. The number of carbonyl (C=O) groups is 1. The fraction of sp³-hybridized carbons (Fsp3) is 0.222. The maximum Gasteiger partial charge on any atom is 0.230 e. The number of rotatable bonds is 3. The first kappa shape index (κ1) is 14.3. The monoisotopic (exact) mass is 294 g/mol. The number of furan rings is 1. The maximum atomic E-state index is 12.2. The first-order chi connectivity index (χ1) is 10.5. The lowest BCUT2D eigenvalue weighted by molar-refractivity contribution is -0.115. The molecule has 3 rings (SSSR count). The highest BCUT2D eigenvalue weighted by Crippen LogP contribution is 2.26. The van der Waals surface area contributed by atoms with Gasteiger partial charge in [0.15, 0.2) is 0 Å². The van der Waals surface area contributed by atoms with Crippen molar-refractivity contribution < 1.29 is 9.21 Å². The van der Waals surface area contributed by atoms with E-state index in [2.05, 4.69) is 16.4 Å². The summed E-state index contributed by atoms with van der Waals surface area (Å²) in [5, 5.41) is 3.80. The lowest BCUT2D eigenvalue weighted by Crippen LogP contribution is -2.15. The zero-order chi connectivity index (χ0) is 15.7. The molecule has 3 aromatic rings. The zero-order valence-electron chi connectivity index (χ0n) is 12.9. The van der Waals surface area contributed by atoms with Crippen LogP contribution in [0.1, 0.15) is 22.3 Å². The van der Waals surface area contributed by atoms with E-state index in [1.165, 1.54) is 5.56 Å². The SMILES string of the molecule is Cc1ccc(NC(=O)Cc2coc3c(C)c(C)ccc23)nc1. The summed E-state index contributed by atoms with van der Waals surface area (Å²) in [5.41, 5.74) is 5.11. The van der Waals surface area contributed by atoms with Gasteiger partial charge in [0.2, 0.25) is 5.91 Å². The van der Waals surface area contributed by atoms with Gasteiger partial charge in [0.25, 0.3) is 0 Å². The number of carbonyl (C=O) groups excluding carboxylic acids is 1. The van der Waals surface area contributed by atoms with Gasteiger partial charge in [-0.2, -0.15) is 0 Å². The first-order valence-electron chi connectivity index (χ1n) is 7.23. The van der Waals surface area contributed by atoms with Gasteiger partial charge >= 0.3 is 0 Å². The number of aromatic nitrogens is 1. The number of hydrogen-bond donors (Lipinski definition) is 1. The van der Waals surface area contributed by atoms with Crippen molar-refractivity contribution in [2.45, 2.75) is 27.2 Å². The molecule has 4 heteroatoms. The molecular formula is C18H18N2O2. The summed E-state index contributed by atoms with van der Waals surface area (Å²) >= 11 is 0. The second kappa shape index (κ2) is 5.64. The molecule has 0 saturated heterocycles. The number of aryl methyl sites for hydroxylation is 3. The van der Waals surface area contributed by atoms with E-state index in [0.29, 0.717) is 5.82 Å². The molecule has 0 bridgehead atoms. The number of anilines is 1. The minimum Gasteiger partial charge on any atom is -0.464 e. The second-order valence-corrected chi connectivity index (χ2v) is 5.59. The van der Waals surface area contributed by atoms with Gasteiger partial charge in [0.05, 0.1) is 12.7 Å². The van der Waals surface area contributed by atoms with Crippen LogP contribution in [0, 0.1) is 20.8 Å². The Bertz CT molecular complexity index is 832. The summed E-state index contributed by atoms with van der Waals surface area (Å²) in [4.78, 5) is 16.3. The van der Waals surface area contributed by atoms with Crippen molar-refractivity contribution in [3.63, 3.8) is 0 Å². The molecule has 2 heterocycles. The molecule has 0 atom stereocenters. The number of nitrogens with one attached hydrogen (secondary N) is 1. The van der Waals surface area contributed by atoms with Crippen LogP contribution in [-0.4, -0.2) is 10.9 Å². The zero-order valence-corrected chi connectivity index (χ0v) is 12.9. The number of fused-ring (bicyclic) bond motifs is 1. The van der Waals surface area contributed by atoms with Crippen LogP contribution in [-0.2, 0) is 11.2 Å². The molecule has 1 aromatic carbocycles. The molecule has 112 valence electrons. The van der Waals surface area contributed by atoms with Gasteiger partial charge < -0.3 is 9.73 Å². The lowest BCUT2D eigenvalue weighted by Gasteiger charge is -2.04. The summed E-state index contributed by atoms with van der Waals surface area (Å²) in [6.45, 7) is 6.04. The van der Waals surface area contributed by atoms with Gasteiger partial charge in [0, 0.05) is 17.1 Å². The molecule has 0 aliphatic rings. The Labute approximate surface area is 129 Å². The number of benzene rings is 1. The van der Waals surface area contributed by atoms with Gasteiger partial charge in [-0.1, -0.05) is 18.2 Å². The van der Waals surface area contributed by atoms with Crippen LogP contribution < -0.4 is 5.32 Å². The van der Waals surface area contributed by atoms with Crippen molar-refractivity contribution in [3.8, 4) is 0 Å². The molecule has 1 amide bonds. The number of pyridine rings is 1. The van der Waals surface area contributed by atoms with Crippen molar-refractivity contribution in [1.29, 1.82) is 0 Å². The number of amides is 1. The number of nitrogens with zero attached hydrogens (tertiary/aromatic N) is 1. The quantitative estimate of drug-likeness (QED) is 0.796. The van der Waals surface area contributed by atoms with Crippen LogP contribution in [0.4, 0.5) is 5.82 Å². The van der Waals surface area contributed by atoms with Gasteiger partial charge in [-0.05, 0) is 43.5 Å². The lowest BCUT2D eigenvalue weighted by atomic mass is 10.0. The molecule has 2 aromatic heterocycles. The molecule has 0 spiro atoms. The highest BCUT2D eigenvalue weighted by atomic mass is 16.3. The first-order valence-corrected chi connectivity index (χ1v) is 7.23. The third kappa shape index (κ3) is 2.72. The van der Waals surface area contributed by atoms with E-state index in [-0.39, 0.29) is 12.3 Å². The summed E-state index contributed by atoms with van der Waals surface area (Å²) in [6.07, 6.45) is 3.67. The molecular weight excluding hydrogens is 276 g/mol.